The van der Waals surface area contributed by atoms with E-state index in [1.807, 2.05) is 25.3 Å². The van der Waals surface area contributed by atoms with Crippen molar-refractivity contribution >= 4 is 5.71 Å². The van der Waals surface area contributed by atoms with E-state index in [0.29, 0.717) is 11.8 Å². The van der Waals surface area contributed by atoms with Gasteiger partial charge in [-0.3, -0.25) is 4.99 Å². The van der Waals surface area contributed by atoms with Gasteiger partial charge in [0.15, 0.2) is 0 Å². The van der Waals surface area contributed by atoms with E-state index in [2.05, 4.69) is 30.6 Å². The van der Waals surface area contributed by atoms with Crippen LogP contribution in [0.5, 0.6) is 0 Å². The highest BCUT2D eigenvalue weighted by Gasteiger charge is 2.45. The Morgan fingerprint density at radius 1 is 1.35 bits per heavy atom. The lowest BCUT2D eigenvalue weighted by Gasteiger charge is -2.17. The Morgan fingerprint density at radius 3 is 2.53 bits per heavy atom. The Bertz CT molecular complexity index is 393. The Hall–Kier alpha value is -1.31. The minimum Gasteiger partial charge on any atom is -0.381 e. The van der Waals surface area contributed by atoms with Gasteiger partial charge in [0.05, 0.1) is 0 Å². The Labute approximate surface area is 104 Å². The van der Waals surface area contributed by atoms with Gasteiger partial charge in [-0.25, -0.2) is 0 Å². The first-order valence-corrected chi connectivity index (χ1v) is 6.39. The van der Waals surface area contributed by atoms with Crippen molar-refractivity contribution in [3.8, 4) is 0 Å². The van der Waals surface area contributed by atoms with Crippen molar-refractivity contribution in [1.82, 2.24) is 4.90 Å². The predicted octanol–water partition coefficient (Wildman–Crippen LogP) is 3.39. The van der Waals surface area contributed by atoms with Gasteiger partial charge in [-0.1, -0.05) is 18.2 Å². The number of nitrogens with zero attached hydrogens (tertiary/aromatic N) is 2. The lowest BCUT2D eigenvalue weighted by Crippen LogP contribution is -2.15. The van der Waals surface area contributed by atoms with E-state index in [9.17, 15) is 0 Å². The molecule has 0 N–H and O–H groups in total. The van der Waals surface area contributed by atoms with E-state index in [1.54, 1.807) is 11.3 Å². The number of hydrogen-bond donors (Lipinski definition) is 0. The van der Waals surface area contributed by atoms with E-state index >= 15 is 0 Å². The lowest BCUT2D eigenvalue weighted by atomic mass is 10.1. The zero-order valence-electron chi connectivity index (χ0n) is 11.1. The molecule has 0 aliphatic heterocycles. The Kier molecular flexibility index (Phi) is 3.51. The van der Waals surface area contributed by atoms with Gasteiger partial charge in [0, 0.05) is 43.5 Å². The van der Waals surface area contributed by atoms with Gasteiger partial charge in [0.2, 0.25) is 0 Å². The summed E-state index contributed by atoms with van der Waals surface area (Å²) in [6.07, 6.45) is 9.58. The Morgan fingerprint density at radius 2 is 2.06 bits per heavy atom. The summed E-state index contributed by atoms with van der Waals surface area (Å²) in [7, 11) is 4.32. The molecule has 0 radical (unpaired) electrons. The van der Waals surface area contributed by atoms with Crippen LogP contribution in [0.3, 0.4) is 0 Å². The van der Waals surface area contributed by atoms with Crippen LogP contribution in [0.15, 0.2) is 41.2 Å². The second-order valence-electron chi connectivity index (χ2n) is 5.07. The van der Waals surface area contributed by atoms with Gasteiger partial charge < -0.3 is 4.90 Å². The smallest absolute Gasteiger partial charge is 0.0435 e. The minimum atomic E-state index is 0.592. The predicted molar refractivity (Wildman–Crippen MR) is 74.0 cm³/mol. The van der Waals surface area contributed by atoms with E-state index in [1.165, 1.54) is 19.3 Å². The van der Waals surface area contributed by atoms with Crippen LogP contribution in [0.25, 0.3) is 0 Å². The summed E-state index contributed by atoms with van der Waals surface area (Å²) in [6.45, 7) is 5.87. The largest absolute Gasteiger partial charge is 0.381 e. The van der Waals surface area contributed by atoms with Crippen LogP contribution in [-0.2, 0) is 0 Å². The van der Waals surface area contributed by atoms with E-state index in [-0.39, 0.29) is 0 Å². The van der Waals surface area contributed by atoms with Gasteiger partial charge >= 0.3 is 0 Å². The third kappa shape index (κ3) is 2.68. The highest BCUT2D eigenvalue weighted by atomic mass is 15.1. The molecule has 0 spiro atoms. The summed E-state index contributed by atoms with van der Waals surface area (Å²) in [5.74, 6) is 1.28. The van der Waals surface area contributed by atoms with Gasteiger partial charge in [-0.2, -0.15) is 0 Å². The molecule has 0 aromatic heterocycles. The van der Waals surface area contributed by atoms with Crippen LogP contribution >= 0.6 is 0 Å². The molecule has 2 aliphatic rings. The maximum Gasteiger partial charge on any atom is 0.0435 e. The van der Waals surface area contributed by atoms with Crippen molar-refractivity contribution < 1.29 is 0 Å². The molecule has 92 valence electrons. The average Bonchev–Trinajstić information content (AvgIpc) is 3.16. The first kappa shape index (κ1) is 12.2. The molecule has 2 fully saturated rings. The maximum absolute atomic E-state index is 4.47. The normalized spacial score (nSPS) is 27.2. The fraction of sp³-hybridized carbons (Fsp3) is 0.533. The van der Waals surface area contributed by atoms with Crippen LogP contribution in [0.1, 0.15) is 26.2 Å². The number of aliphatic imine (C=N–C) groups is 1. The SMILES string of the molecule is C=CC(=N/C=C\C)[C@H]1C[C@H]1C(=C1CC1)N(C)C. The third-order valence-corrected chi connectivity index (χ3v) is 3.45. The molecule has 2 nitrogen and oxygen atoms in total. The number of allylic oxidation sites excluding steroid dienone is 4. The zero-order valence-corrected chi connectivity index (χ0v) is 11.1. The summed E-state index contributed by atoms with van der Waals surface area (Å²) in [5.41, 5.74) is 4.36. The molecule has 0 heterocycles. The molecule has 2 aliphatic carbocycles. The van der Waals surface area contributed by atoms with Gasteiger partial charge in [-0.15, -0.1) is 0 Å². The third-order valence-electron chi connectivity index (χ3n) is 3.45. The molecule has 0 amide bonds. The van der Waals surface area contributed by atoms with E-state index < -0.39 is 0 Å². The van der Waals surface area contributed by atoms with Crippen molar-refractivity contribution in [3.05, 3.63) is 36.2 Å². The van der Waals surface area contributed by atoms with Crippen LogP contribution in [0.2, 0.25) is 0 Å². The van der Waals surface area contributed by atoms with E-state index in [0.717, 1.165) is 5.71 Å². The summed E-state index contributed by atoms with van der Waals surface area (Å²) < 4.78 is 0. The summed E-state index contributed by atoms with van der Waals surface area (Å²) >= 11 is 0. The number of rotatable bonds is 5. The first-order chi connectivity index (χ1) is 8.19. The highest BCUT2D eigenvalue weighted by molar-refractivity contribution is 5.99. The molecule has 2 atom stereocenters. The lowest BCUT2D eigenvalue weighted by molar-refractivity contribution is 0.472. The second-order valence-corrected chi connectivity index (χ2v) is 5.07. The van der Waals surface area contributed by atoms with Crippen molar-refractivity contribution in [2.24, 2.45) is 16.8 Å². The van der Waals surface area contributed by atoms with Crippen molar-refractivity contribution in [2.75, 3.05) is 14.1 Å². The molecule has 17 heavy (non-hydrogen) atoms. The van der Waals surface area contributed by atoms with Crippen LogP contribution < -0.4 is 0 Å². The fourth-order valence-corrected chi connectivity index (χ4v) is 2.51. The van der Waals surface area contributed by atoms with Gasteiger partial charge in [0.1, 0.15) is 0 Å². The molecule has 0 saturated heterocycles. The van der Waals surface area contributed by atoms with Crippen LogP contribution in [-0.4, -0.2) is 24.7 Å². The molecular weight excluding hydrogens is 208 g/mol. The van der Waals surface area contributed by atoms with Gasteiger partial charge in [0.25, 0.3) is 0 Å². The second kappa shape index (κ2) is 4.91. The van der Waals surface area contributed by atoms with Crippen molar-refractivity contribution in [3.63, 3.8) is 0 Å². The highest BCUT2D eigenvalue weighted by Crippen LogP contribution is 2.50. The average molecular weight is 230 g/mol. The molecule has 0 aromatic rings. The zero-order chi connectivity index (χ0) is 12.4. The summed E-state index contributed by atoms with van der Waals surface area (Å²) in [6, 6.07) is 0. The topological polar surface area (TPSA) is 15.6 Å². The van der Waals surface area contributed by atoms with Crippen molar-refractivity contribution in [2.45, 2.75) is 26.2 Å². The minimum absolute atomic E-state index is 0.592. The summed E-state index contributed by atoms with van der Waals surface area (Å²) in [4.78, 5) is 6.77. The van der Waals surface area contributed by atoms with Crippen molar-refractivity contribution in [1.29, 1.82) is 0 Å². The van der Waals surface area contributed by atoms with Crippen LogP contribution in [0, 0.1) is 11.8 Å². The monoisotopic (exact) mass is 230 g/mol. The molecule has 2 rings (SSSR count). The molecule has 0 aromatic carbocycles. The Balaban J connectivity index is 2.09. The maximum atomic E-state index is 4.47. The molecular formula is C15H22N2. The quantitative estimate of drug-likeness (QED) is 0.661. The standard InChI is InChI=1S/C15H22N2/c1-5-9-16-14(6-2)12-10-13(12)15(17(3)4)11-7-8-11/h5-6,9,12-13H,2,7-8,10H2,1,3-4H3/b9-5-,16-14?/t12-,13+/m0/s1. The molecule has 0 bridgehead atoms. The van der Waals surface area contributed by atoms with E-state index in [4.69, 9.17) is 0 Å². The van der Waals surface area contributed by atoms with Crippen LogP contribution in [0.4, 0.5) is 0 Å². The van der Waals surface area contributed by atoms with Gasteiger partial charge in [-0.05, 0) is 32.3 Å². The molecule has 0 unspecified atom stereocenters. The first-order valence-electron chi connectivity index (χ1n) is 6.39. The summed E-state index contributed by atoms with van der Waals surface area (Å²) in [5, 5.41) is 0. The fourth-order valence-electron chi connectivity index (χ4n) is 2.51. The number of hydrogen-bond acceptors (Lipinski definition) is 2. The molecule has 2 heteroatoms. The molecule has 2 saturated carbocycles.